The lowest BCUT2D eigenvalue weighted by molar-refractivity contribution is -0.113. The van der Waals surface area contributed by atoms with Crippen molar-refractivity contribution in [3.05, 3.63) is 59.5 Å². The second-order valence-corrected chi connectivity index (χ2v) is 4.43. The van der Waals surface area contributed by atoms with Crippen molar-refractivity contribution in [3.8, 4) is 0 Å². The van der Waals surface area contributed by atoms with Crippen LogP contribution in [0.4, 0.5) is 0 Å². The van der Waals surface area contributed by atoms with E-state index in [9.17, 15) is 4.79 Å². The normalized spacial score (nSPS) is 12.4. The van der Waals surface area contributed by atoms with E-state index in [1.807, 2.05) is 37.3 Å². The minimum absolute atomic E-state index is 0.345. The Morgan fingerprint density at radius 3 is 2.76 bits per heavy atom. The first-order valence-electron chi connectivity index (χ1n) is 5.45. The van der Waals surface area contributed by atoms with Crippen LogP contribution in [-0.4, -0.2) is 5.24 Å². The Bertz CT molecular complexity index is 503. The van der Waals surface area contributed by atoms with Crippen molar-refractivity contribution in [3.63, 3.8) is 0 Å². The Morgan fingerprint density at radius 2 is 2.18 bits per heavy atom. The minimum Gasteiger partial charge on any atom is -0.469 e. The molecule has 1 aromatic heterocycles. The average Bonchev–Trinajstić information content (AvgIpc) is 2.78. The van der Waals surface area contributed by atoms with Gasteiger partial charge in [0.2, 0.25) is 5.24 Å². The van der Waals surface area contributed by atoms with Crippen molar-refractivity contribution in [2.24, 2.45) is 0 Å². The van der Waals surface area contributed by atoms with E-state index in [-0.39, 0.29) is 11.2 Å². The van der Waals surface area contributed by atoms with Crippen molar-refractivity contribution in [2.45, 2.75) is 19.3 Å². The Morgan fingerprint density at radius 1 is 1.35 bits per heavy atom. The van der Waals surface area contributed by atoms with Crippen LogP contribution in [0.2, 0.25) is 0 Å². The van der Waals surface area contributed by atoms with Gasteiger partial charge in [0, 0.05) is 6.42 Å². The summed E-state index contributed by atoms with van der Waals surface area (Å²) in [5.41, 5.74) is 2.05. The van der Waals surface area contributed by atoms with Crippen LogP contribution in [0.15, 0.2) is 47.1 Å². The predicted octanol–water partition coefficient (Wildman–Crippen LogP) is 3.68. The van der Waals surface area contributed by atoms with Crippen molar-refractivity contribution >= 4 is 16.8 Å². The Kier molecular flexibility index (Phi) is 3.64. The third-order valence-electron chi connectivity index (χ3n) is 2.70. The molecule has 2 rings (SSSR count). The molecular weight excluding hydrogens is 236 g/mol. The van der Waals surface area contributed by atoms with Gasteiger partial charge in [-0.25, -0.2) is 0 Å². The molecule has 1 unspecified atom stereocenters. The quantitative estimate of drug-likeness (QED) is 0.773. The van der Waals surface area contributed by atoms with E-state index in [0.29, 0.717) is 6.42 Å². The van der Waals surface area contributed by atoms with Crippen molar-refractivity contribution in [2.75, 3.05) is 0 Å². The lowest BCUT2D eigenvalue weighted by atomic mass is 9.94. The molecule has 0 saturated heterocycles. The van der Waals surface area contributed by atoms with Crippen LogP contribution < -0.4 is 0 Å². The van der Waals surface area contributed by atoms with E-state index in [1.54, 1.807) is 12.3 Å². The monoisotopic (exact) mass is 248 g/mol. The van der Waals surface area contributed by atoms with Gasteiger partial charge in [-0.15, -0.1) is 0 Å². The summed E-state index contributed by atoms with van der Waals surface area (Å²) in [6.45, 7) is 1.99. The van der Waals surface area contributed by atoms with Gasteiger partial charge >= 0.3 is 0 Å². The molecule has 0 aliphatic heterocycles. The van der Waals surface area contributed by atoms with Crippen LogP contribution in [-0.2, 0) is 11.2 Å². The molecule has 88 valence electrons. The van der Waals surface area contributed by atoms with Crippen LogP contribution in [0.3, 0.4) is 0 Å². The van der Waals surface area contributed by atoms with Crippen molar-refractivity contribution in [1.82, 2.24) is 0 Å². The van der Waals surface area contributed by atoms with E-state index >= 15 is 0 Å². The molecule has 1 atom stereocenters. The predicted molar refractivity (Wildman–Crippen MR) is 67.2 cm³/mol. The zero-order valence-corrected chi connectivity index (χ0v) is 10.3. The lowest BCUT2D eigenvalue weighted by Crippen LogP contribution is -2.10. The van der Waals surface area contributed by atoms with E-state index in [2.05, 4.69) is 0 Å². The number of halogens is 1. The summed E-state index contributed by atoms with van der Waals surface area (Å²) in [4.78, 5) is 11.5. The molecule has 1 heterocycles. The number of carbonyl (C=O) groups is 1. The van der Waals surface area contributed by atoms with Gasteiger partial charge in [0.05, 0.1) is 12.2 Å². The third-order valence-corrected chi connectivity index (χ3v) is 2.97. The molecule has 2 aromatic rings. The first-order valence-corrected chi connectivity index (χ1v) is 5.83. The molecule has 3 heteroatoms. The van der Waals surface area contributed by atoms with Crippen LogP contribution in [0, 0.1) is 6.92 Å². The number of furan rings is 1. The number of carbonyl (C=O) groups excluding carboxylic acids is 1. The summed E-state index contributed by atoms with van der Waals surface area (Å²) in [5.74, 6) is 0.424. The summed E-state index contributed by atoms with van der Waals surface area (Å²) < 4.78 is 5.26. The number of rotatable bonds is 4. The summed E-state index contributed by atoms with van der Waals surface area (Å²) in [6, 6.07) is 11.5. The van der Waals surface area contributed by atoms with E-state index in [0.717, 1.165) is 16.9 Å². The average molecular weight is 249 g/mol. The van der Waals surface area contributed by atoms with Gasteiger partial charge in [-0.05, 0) is 36.2 Å². The van der Waals surface area contributed by atoms with Gasteiger partial charge < -0.3 is 4.42 Å². The fraction of sp³-hybridized carbons (Fsp3) is 0.214. The summed E-state index contributed by atoms with van der Waals surface area (Å²) in [6.07, 6.45) is 2.10. The Hall–Kier alpha value is -1.54. The van der Waals surface area contributed by atoms with Gasteiger partial charge in [0.1, 0.15) is 5.76 Å². The molecule has 0 spiro atoms. The van der Waals surface area contributed by atoms with Crippen LogP contribution in [0.25, 0.3) is 0 Å². The first kappa shape index (κ1) is 11.9. The molecular formula is C14H13ClO2. The van der Waals surface area contributed by atoms with Crippen LogP contribution >= 0.6 is 11.6 Å². The van der Waals surface area contributed by atoms with Gasteiger partial charge in [0.25, 0.3) is 0 Å². The number of aryl methyl sites for hydroxylation is 1. The second kappa shape index (κ2) is 5.19. The SMILES string of the molecule is Cc1cccc(C(Cc2ccco2)C(=O)Cl)c1. The van der Waals surface area contributed by atoms with E-state index < -0.39 is 0 Å². The zero-order valence-electron chi connectivity index (χ0n) is 9.52. The number of benzene rings is 1. The smallest absolute Gasteiger partial charge is 0.229 e. The first-order chi connectivity index (χ1) is 8.16. The summed E-state index contributed by atoms with van der Waals surface area (Å²) in [5, 5.41) is -0.355. The molecule has 0 aliphatic carbocycles. The van der Waals surface area contributed by atoms with Crippen LogP contribution in [0.1, 0.15) is 22.8 Å². The van der Waals surface area contributed by atoms with E-state index in [1.165, 1.54) is 0 Å². The van der Waals surface area contributed by atoms with E-state index in [4.69, 9.17) is 16.0 Å². The standard InChI is InChI=1S/C14H13ClO2/c1-10-4-2-5-11(8-10)13(14(15)16)9-12-6-3-7-17-12/h2-8,13H,9H2,1H3. The molecule has 0 saturated carbocycles. The molecule has 1 aromatic carbocycles. The maximum atomic E-state index is 11.5. The topological polar surface area (TPSA) is 30.2 Å². The summed E-state index contributed by atoms with van der Waals surface area (Å²) in [7, 11) is 0. The maximum absolute atomic E-state index is 11.5. The molecule has 0 bridgehead atoms. The number of hydrogen-bond donors (Lipinski definition) is 0. The molecule has 0 fully saturated rings. The minimum atomic E-state index is -0.355. The van der Waals surface area contributed by atoms with Gasteiger partial charge in [0.15, 0.2) is 0 Å². The highest BCUT2D eigenvalue weighted by molar-refractivity contribution is 6.64. The summed E-state index contributed by atoms with van der Waals surface area (Å²) >= 11 is 5.67. The molecule has 0 aliphatic rings. The Balaban J connectivity index is 2.26. The maximum Gasteiger partial charge on any atom is 0.229 e. The highest BCUT2D eigenvalue weighted by Crippen LogP contribution is 2.24. The Labute approximate surface area is 105 Å². The molecule has 2 nitrogen and oxygen atoms in total. The van der Waals surface area contributed by atoms with Gasteiger partial charge in [-0.1, -0.05) is 29.8 Å². The third kappa shape index (κ3) is 2.98. The van der Waals surface area contributed by atoms with Gasteiger partial charge in [-0.2, -0.15) is 0 Å². The lowest BCUT2D eigenvalue weighted by Gasteiger charge is -2.12. The molecule has 0 radical (unpaired) electrons. The second-order valence-electron chi connectivity index (χ2n) is 4.05. The molecule has 17 heavy (non-hydrogen) atoms. The fourth-order valence-electron chi connectivity index (χ4n) is 1.85. The highest BCUT2D eigenvalue weighted by Gasteiger charge is 2.20. The zero-order chi connectivity index (χ0) is 12.3. The highest BCUT2D eigenvalue weighted by atomic mass is 35.5. The van der Waals surface area contributed by atoms with Crippen molar-refractivity contribution < 1.29 is 9.21 Å². The van der Waals surface area contributed by atoms with Gasteiger partial charge in [-0.3, -0.25) is 4.79 Å². The molecule has 0 N–H and O–H groups in total. The fourth-order valence-corrected chi connectivity index (χ4v) is 2.05. The number of hydrogen-bond acceptors (Lipinski definition) is 2. The molecule has 0 amide bonds. The van der Waals surface area contributed by atoms with Crippen molar-refractivity contribution in [1.29, 1.82) is 0 Å². The largest absolute Gasteiger partial charge is 0.469 e. The van der Waals surface area contributed by atoms with Crippen LogP contribution in [0.5, 0.6) is 0 Å².